The van der Waals surface area contributed by atoms with Gasteiger partial charge in [0, 0.05) is 17.2 Å². The van der Waals surface area contributed by atoms with Gasteiger partial charge in [-0.3, -0.25) is 4.99 Å². The normalized spacial score (nSPS) is 24.5. The average molecular weight is 145 g/mol. The van der Waals surface area contributed by atoms with Crippen LogP contribution >= 0.6 is 0 Å². The third-order valence-corrected chi connectivity index (χ3v) is 1.96. The van der Waals surface area contributed by atoms with E-state index in [1.807, 2.05) is 12.3 Å². The van der Waals surface area contributed by atoms with Crippen molar-refractivity contribution in [3.8, 4) is 0 Å². The van der Waals surface area contributed by atoms with Gasteiger partial charge in [-0.05, 0) is 12.2 Å². The van der Waals surface area contributed by atoms with E-state index >= 15 is 0 Å². The molecule has 0 amide bonds. The third kappa shape index (κ3) is 1.07. The topological polar surface area (TPSA) is 12.4 Å². The van der Waals surface area contributed by atoms with E-state index in [2.05, 4.69) is 37.1 Å². The highest BCUT2D eigenvalue weighted by atomic mass is 14.8. The zero-order valence-electron chi connectivity index (χ0n) is 6.83. The van der Waals surface area contributed by atoms with Crippen LogP contribution in [0.1, 0.15) is 13.8 Å². The van der Waals surface area contributed by atoms with Crippen molar-refractivity contribution in [2.24, 2.45) is 10.4 Å². The van der Waals surface area contributed by atoms with Crippen LogP contribution in [0.3, 0.4) is 0 Å². The van der Waals surface area contributed by atoms with Gasteiger partial charge in [-0.2, -0.15) is 0 Å². The van der Waals surface area contributed by atoms with Crippen LogP contribution in [0.5, 0.6) is 0 Å². The summed E-state index contributed by atoms with van der Waals surface area (Å²) in [5.41, 5.74) is 2.54. The molecular weight excluding hydrogens is 134 g/mol. The second-order valence-electron chi connectivity index (χ2n) is 3.58. The molecule has 1 aliphatic carbocycles. The Morgan fingerprint density at radius 3 is 3.00 bits per heavy atom. The van der Waals surface area contributed by atoms with Crippen LogP contribution in [0.25, 0.3) is 0 Å². The van der Waals surface area contributed by atoms with Crippen molar-refractivity contribution in [2.75, 3.05) is 0 Å². The summed E-state index contributed by atoms with van der Waals surface area (Å²) in [6.45, 7) is 4.36. The molecule has 0 radical (unpaired) electrons. The van der Waals surface area contributed by atoms with Gasteiger partial charge in [0.05, 0.1) is 5.70 Å². The van der Waals surface area contributed by atoms with E-state index in [9.17, 15) is 0 Å². The van der Waals surface area contributed by atoms with Crippen LogP contribution in [-0.2, 0) is 0 Å². The van der Waals surface area contributed by atoms with Gasteiger partial charge >= 0.3 is 0 Å². The second-order valence-corrected chi connectivity index (χ2v) is 3.58. The first kappa shape index (κ1) is 6.59. The van der Waals surface area contributed by atoms with Crippen molar-refractivity contribution in [1.29, 1.82) is 0 Å². The third-order valence-electron chi connectivity index (χ3n) is 1.96. The van der Waals surface area contributed by atoms with Gasteiger partial charge in [-0.15, -0.1) is 0 Å². The van der Waals surface area contributed by atoms with Crippen LogP contribution in [0, 0.1) is 5.41 Å². The maximum absolute atomic E-state index is 4.25. The molecule has 1 nitrogen and oxygen atoms in total. The molecule has 0 spiro atoms. The van der Waals surface area contributed by atoms with Crippen molar-refractivity contribution in [3.63, 3.8) is 0 Å². The van der Waals surface area contributed by atoms with Gasteiger partial charge in [0.2, 0.25) is 0 Å². The van der Waals surface area contributed by atoms with Gasteiger partial charge in [-0.25, -0.2) is 0 Å². The molecule has 0 N–H and O–H groups in total. The Bertz CT molecular complexity index is 301. The number of aliphatic imine (C=N–C) groups is 1. The summed E-state index contributed by atoms with van der Waals surface area (Å²) in [6, 6.07) is 0. The number of fused-ring (bicyclic) bond motifs is 1. The molecule has 0 aromatic rings. The summed E-state index contributed by atoms with van der Waals surface area (Å²) >= 11 is 0. The Balaban J connectivity index is 2.45. The smallest absolute Gasteiger partial charge is 0.0671 e. The van der Waals surface area contributed by atoms with Crippen LogP contribution in [-0.4, -0.2) is 6.21 Å². The first-order valence-electron chi connectivity index (χ1n) is 3.84. The number of allylic oxidation sites excluding steroid dienone is 4. The lowest BCUT2D eigenvalue weighted by atomic mass is 9.86. The molecule has 0 fully saturated rings. The van der Waals surface area contributed by atoms with E-state index in [0.717, 1.165) is 5.70 Å². The minimum absolute atomic E-state index is 0.175. The molecule has 0 bridgehead atoms. The van der Waals surface area contributed by atoms with Crippen LogP contribution < -0.4 is 0 Å². The molecule has 0 unspecified atom stereocenters. The molecular formula is C10H11N. The van der Waals surface area contributed by atoms with E-state index in [4.69, 9.17) is 0 Å². The number of nitrogens with zero attached hydrogens (tertiary/aromatic N) is 1. The average Bonchev–Trinajstić information content (AvgIpc) is 2.31. The molecule has 0 aromatic carbocycles. The molecule has 0 aromatic heterocycles. The fourth-order valence-electron chi connectivity index (χ4n) is 1.32. The lowest BCUT2D eigenvalue weighted by Crippen LogP contribution is -2.07. The fraction of sp³-hybridized carbons (Fsp3) is 0.300. The Morgan fingerprint density at radius 2 is 2.18 bits per heavy atom. The molecule has 0 saturated heterocycles. The van der Waals surface area contributed by atoms with Crippen molar-refractivity contribution < 1.29 is 0 Å². The quantitative estimate of drug-likeness (QED) is 0.496. The summed E-state index contributed by atoms with van der Waals surface area (Å²) in [4.78, 5) is 4.25. The van der Waals surface area contributed by atoms with Crippen LogP contribution in [0.15, 0.2) is 40.6 Å². The number of hydrogen-bond donors (Lipinski definition) is 0. The number of rotatable bonds is 0. The van der Waals surface area contributed by atoms with Gasteiger partial charge in [0.15, 0.2) is 0 Å². The lowest BCUT2D eigenvalue weighted by Gasteiger charge is -2.19. The lowest BCUT2D eigenvalue weighted by molar-refractivity contribution is 0.615. The highest BCUT2D eigenvalue weighted by molar-refractivity contribution is 5.81. The summed E-state index contributed by atoms with van der Waals surface area (Å²) in [7, 11) is 0. The molecule has 1 heteroatoms. The van der Waals surface area contributed by atoms with Gasteiger partial charge < -0.3 is 0 Å². The molecule has 2 aliphatic rings. The predicted octanol–water partition coefficient (Wildman–Crippen LogP) is 2.48. The first-order chi connectivity index (χ1) is 5.17. The monoisotopic (exact) mass is 145 g/mol. The van der Waals surface area contributed by atoms with E-state index < -0.39 is 0 Å². The maximum Gasteiger partial charge on any atom is 0.0671 e. The second kappa shape index (κ2) is 1.94. The van der Waals surface area contributed by atoms with Crippen molar-refractivity contribution in [3.05, 3.63) is 35.6 Å². The Hall–Kier alpha value is -1.11. The number of hydrogen-bond acceptors (Lipinski definition) is 1. The minimum Gasteiger partial charge on any atom is -0.257 e. The standard InChI is InChI=1S/C10H11N/c1-10(2)5-3-8-4-6-11-9(8)7-10/h3-7H,1-2H3. The highest BCUT2D eigenvalue weighted by Crippen LogP contribution is 2.32. The summed E-state index contributed by atoms with van der Waals surface area (Å²) in [5, 5.41) is 0. The largest absolute Gasteiger partial charge is 0.257 e. The molecule has 0 saturated carbocycles. The summed E-state index contributed by atoms with van der Waals surface area (Å²) in [5.74, 6) is 0. The van der Waals surface area contributed by atoms with Gasteiger partial charge in [0.25, 0.3) is 0 Å². The van der Waals surface area contributed by atoms with Gasteiger partial charge in [-0.1, -0.05) is 26.0 Å². The highest BCUT2D eigenvalue weighted by Gasteiger charge is 2.18. The van der Waals surface area contributed by atoms with E-state index in [0.29, 0.717) is 0 Å². The van der Waals surface area contributed by atoms with E-state index in [1.165, 1.54) is 5.57 Å². The first-order valence-corrected chi connectivity index (χ1v) is 3.84. The fourth-order valence-corrected chi connectivity index (χ4v) is 1.32. The molecule has 2 rings (SSSR count). The van der Waals surface area contributed by atoms with Crippen molar-refractivity contribution in [2.45, 2.75) is 13.8 Å². The van der Waals surface area contributed by atoms with E-state index in [-0.39, 0.29) is 5.41 Å². The Morgan fingerprint density at radius 1 is 1.36 bits per heavy atom. The molecule has 56 valence electrons. The summed E-state index contributed by atoms with van der Waals surface area (Å²) in [6.07, 6.45) is 10.4. The maximum atomic E-state index is 4.25. The van der Waals surface area contributed by atoms with E-state index in [1.54, 1.807) is 0 Å². The molecule has 1 aliphatic heterocycles. The predicted molar refractivity (Wildman–Crippen MR) is 47.6 cm³/mol. The zero-order valence-corrected chi connectivity index (χ0v) is 6.83. The van der Waals surface area contributed by atoms with Gasteiger partial charge in [0.1, 0.15) is 0 Å². The van der Waals surface area contributed by atoms with Crippen LogP contribution in [0.2, 0.25) is 0 Å². The summed E-state index contributed by atoms with van der Waals surface area (Å²) < 4.78 is 0. The zero-order chi connectivity index (χ0) is 7.90. The Kier molecular flexibility index (Phi) is 1.16. The molecule has 11 heavy (non-hydrogen) atoms. The SMILES string of the molecule is CC1(C)C=CC2=CC=NC2=C1. The van der Waals surface area contributed by atoms with Crippen LogP contribution in [0.4, 0.5) is 0 Å². The Labute approximate surface area is 66.8 Å². The van der Waals surface area contributed by atoms with Crippen molar-refractivity contribution in [1.82, 2.24) is 0 Å². The minimum atomic E-state index is 0.175. The molecule has 0 atom stereocenters. The van der Waals surface area contributed by atoms with Crippen molar-refractivity contribution >= 4 is 6.21 Å². The molecule has 1 heterocycles.